The molecule has 1 aromatic carbocycles. The van der Waals surface area contributed by atoms with Crippen molar-refractivity contribution in [2.45, 2.75) is 0 Å². The van der Waals surface area contributed by atoms with Crippen LogP contribution < -0.4 is 4.74 Å². The number of nitrogens with one attached hydrogen (secondary N) is 2. The number of aromatic nitrogens is 4. The molecule has 0 aliphatic heterocycles. The van der Waals surface area contributed by atoms with E-state index in [0.29, 0.717) is 0 Å². The van der Waals surface area contributed by atoms with Crippen LogP contribution in [0.1, 0.15) is 0 Å². The number of rotatable bonds is 2. The Morgan fingerprint density at radius 1 is 0.950 bits per heavy atom. The fourth-order valence-corrected chi connectivity index (χ4v) is 2.46. The van der Waals surface area contributed by atoms with Crippen molar-refractivity contribution < 1.29 is 4.74 Å². The number of benzene rings is 1. The largest absolute Gasteiger partial charge is 0.497 e. The number of methoxy groups -OCH3 is 1. The van der Waals surface area contributed by atoms with Gasteiger partial charge >= 0.3 is 0 Å². The number of ether oxygens (including phenoxy) is 1. The summed E-state index contributed by atoms with van der Waals surface area (Å²) < 4.78 is 5.18. The van der Waals surface area contributed by atoms with Gasteiger partial charge in [0.15, 0.2) is 5.65 Å². The third-order valence-electron chi connectivity index (χ3n) is 3.49. The van der Waals surface area contributed by atoms with Crippen LogP contribution in [0.25, 0.3) is 33.2 Å². The van der Waals surface area contributed by atoms with Crippen molar-refractivity contribution in [2.75, 3.05) is 7.11 Å². The molecule has 0 saturated carbocycles. The molecular formula is C15H12N4O. The van der Waals surface area contributed by atoms with Crippen molar-refractivity contribution in [3.05, 3.63) is 42.7 Å². The van der Waals surface area contributed by atoms with E-state index in [0.717, 1.165) is 38.9 Å². The summed E-state index contributed by atoms with van der Waals surface area (Å²) in [5, 5.41) is 8.50. The van der Waals surface area contributed by atoms with E-state index in [2.05, 4.69) is 20.2 Å². The Kier molecular flexibility index (Phi) is 2.26. The minimum atomic E-state index is 0.758. The van der Waals surface area contributed by atoms with Gasteiger partial charge in [-0.3, -0.25) is 10.2 Å². The highest BCUT2D eigenvalue weighted by Crippen LogP contribution is 2.30. The van der Waals surface area contributed by atoms with Crippen LogP contribution in [0.4, 0.5) is 0 Å². The van der Waals surface area contributed by atoms with Gasteiger partial charge in [0.2, 0.25) is 0 Å². The normalized spacial score (nSPS) is 11.2. The summed E-state index contributed by atoms with van der Waals surface area (Å²) in [6, 6.07) is 9.89. The zero-order valence-electron chi connectivity index (χ0n) is 10.8. The molecule has 0 saturated heterocycles. The Morgan fingerprint density at radius 3 is 2.60 bits per heavy atom. The molecule has 5 heteroatoms. The molecule has 98 valence electrons. The molecule has 3 heterocycles. The van der Waals surface area contributed by atoms with E-state index in [4.69, 9.17) is 4.74 Å². The Labute approximate surface area is 114 Å². The van der Waals surface area contributed by atoms with Gasteiger partial charge in [-0.05, 0) is 30.3 Å². The summed E-state index contributed by atoms with van der Waals surface area (Å²) in [6.45, 7) is 0. The molecule has 0 radical (unpaired) electrons. The van der Waals surface area contributed by atoms with E-state index in [-0.39, 0.29) is 0 Å². The molecule has 0 amide bonds. The third-order valence-corrected chi connectivity index (χ3v) is 3.49. The Hall–Kier alpha value is -2.82. The number of aromatic amines is 2. The molecule has 0 atom stereocenters. The molecule has 4 rings (SSSR count). The summed E-state index contributed by atoms with van der Waals surface area (Å²) in [5.74, 6) is 0.842. The fourth-order valence-electron chi connectivity index (χ4n) is 2.46. The molecule has 0 bridgehead atoms. The third kappa shape index (κ3) is 1.50. The molecule has 0 spiro atoms. The first kappa shape index (κ1) is 11.0. The van der Waals surface area contributed by atoms with E-state index in [1.165, 1.54) is 0 Å². The quantitative estimate of drug-likeness (QED) is 0.584. The molecular weight excluding hydrogens is 252 g/mol. The van der Waals surface area contributed by atoms with Gasteiger partial charge in [-0.2, -0.15) is 0 Å². The van der Waals surface area contributed by atoms with Crippen LogP contribution in [0.3, 0.4) is 0 Å². The SMILES string of the molecule is COc1ccc(-c2[nH][nH]c3c2cnc2nccc23)cc1. The lowest BCUT2D eigenvalue weighted by Crippen LogP contribution is -1.83. The highest BCUT2D eigenvalue weighted by atomic mass is 16.5. The molecule has 20 heavy (non-hydrogen) atoms. The van der Waals surface area contributed by atoms with E-state index in [1.54, 1.807) is 13.3 Å². The second kappa shape index (κ2) is 4.09. The first-order valence-corrected chi connectivity index (χ1v) is 6.31. The van der Waals surface area contributed by atoms with Crippen LogP contribution >= 0.6 is 0 Å². The second-order valence-corrected chi connectivity index (χ2v) is 4.58. The summed E-state index contributed by atoms with van der Waals surface area (Å²) in [6.07, 6.45) is 3.61. The van der Waals surface area contributed by atoms with Crippen molar-refractivity contribution in [3.8, 4) is 17.0 Å². The number of hydrogen-bond acceptors (Lipinski definition) is 3. The van der Waals surface area contributed by atoms with Crippen molar-refractivity contribution in [2.24, 2.45) is 0 Å². The average Bonchev–Trinajstić information content (AvgIpc) is 3.13. The smallest absolute Gasteiger partial charge is 0.161 e. The number of nitrogens with zero attached hydrogens (tertiary/aromatic N) is 2. The van der Waals surface area contributed by atoms with Gasteiger partial charge in [0.1, 0.15) is 5.75 Å². The highest BCUT2D eigenvalue weighted by molar-refractivity contribution is 6.06. The van der Waals surface area contributed by atoms with Crippen LogP contribution in [-0.2, 0) is 0 Å². The van der Waals surface area contributed by atoms with Gasteiger partial charge < -0.3 is 4.74 Å². The van der Waals surface area contributed by atoms with Crippen LogP contribution in [-0.4, -0.2) is 27.3 Å². The summed E-state index contributed by atoms with van der Waals surface area (Å²) in [7, 11) is 1.66. The van der Waals surface area contributed by atoms with Crippen molar-refractivity contribution in [1.82, 2.24) is 20.2 Å². The molecule has 0 aliphatic rings. The first-order chi connectivity index (χ1) is 9.86. The van der Waals surface area contributed by atoms with E-state index < -0.39 is 0 Å². The summed E-state index contributed by atoms with van der Waals surface area (Å²) in [4.78, 5) is 8.60. The van der Waals surface area contributed by atoms with Gasteiger partial charge in [-0.15, -0.1) is 0 Å². The van der Waals surface area contributed by atoms with E-state index in [1.807, 2.05) is 36.5 Å². The monoisotopic (exact) mass is 264 g/mol. The lowest BCUT2D eigenvalue weighted by atomic mass is 10.1. The van der Waals surface area contributed by atoms with Gasteiger partial charge in [0.25, 0.3) is 0 Å². The summed E-state index contributed by atoms with van der Waals surface area (Å²) in [5.41, 5.74) is 3.88. The van der Waals surface area contributed by atoms with Gasteiger partial charge in [0.05, 0.1) is 18.3 Å². The highest BCUT2D eigenvalue weighted by Gasteiger charge is 2.11. The number of H-pyrrole nitrogens is 2. The summed E-state index contributed by atoms with van der Waals surface area (Å²) >= 11 is 0. The van der Waals surface area contributed by atoms with Crippen LogP contribution in [0.5, 0.6) is 5.75 Å². The van der Waals surface area contributed by atoms with Crippen LogP contribution in [0.15, 0.2) is 42.7 Å². The Morgan fingerprint density at radius 2 is 1.80 bits per heavy atom. The standard InChI is InChI=1S/C15H12N4O/c1-20-10-4-2-9(3-5-10)13-12-8-17-15-11(6-7-16-15)14(12)19-18-13/h2-8,18-19H,1H3. The molecule has 2 N–H and O–H groups in total. The maximum Gasteiger partial charge on any atom is 0.161 e. The fraction of sp³-hybridized carbons (Fsp3) is 0.0667. The Bertz CT molecular complexity index is 889. The lowest BCUT2D eigenvalue weighted by molar-refractivity contribution is 0.415. The van der Waals surface area contributed by atoms with E-state index >= 15 is 0 Å². The minimum absolute atomic E-state index is 0.758. The number of pyridine rings is 1. The topological polar surface area (TPSA) is 66.6 Å². The maximum atomic E-state index is 5.18. The van der Waals surface area contributed by atoms with E-state index in [9.17, 15) is 0 Å². The predicted molar refractivity (Wildman–Crippen MR) is 77.7 cm³/mol. The molecule has 4 aromatic rings. The van der Waals surface area contributed by atoms with Crippen molar-refractivity contribution in [1.29, 1.82) is 0 Å². The molecule has 0 aliphatic carbocycles. The molecule has 5 nitrogen and oxygen atoms in total. The van der Waals surface area contributed by atoms with Gasteiger partial charge in [-0.1, -0.05) is 0 Å². The maximum absolute atomic E-state index is 5.18. The lowest BCUT2D eigenvalue weighted by Gasteiger charge is -2.02. The average molecular weight is 264 g/mol. The van der Waals surface area contributed by atoms with Gasteiger partial charge in [-0.25, -0.2) is 9.97 Å². The second-order valence-electron chi connectivity index (χ2n) is 4.58. The van der Waals surface area contributed by atoms with Crippen molar-refractivity contribution >= 4 is 21.9 Å². The minimum Gasteiger partial charge on any atom is -0.497 e. The molecule has 0 unspecified atom stereocenters. The van der Waals surface area contributed by atoms with Crippen LogP contribution in [0.2, 0.25) is 0 Å². The number of hydrogen-bond donors (Lipinski definition) is 2. The zero-order valence-corrected chi connectivity index (χ0v) is 10.8. The molecule has 3 aromatic heterocycles. The van der Waals surface area contributed by atoms with Crippen LogP contribution in [0, 0.1) is 0 Å². The molecule has 0 fully saturated rings. The zero-order chi connectivity index (χ0) is 13.5. The first-order valence-electron chi connectivity index (χ1n) is 6.31. The Balaban J connectivity index is 1.94. The number of fused-ring (bicyclic) bond motifs is 3. The van der Waals surface area contributed by atoms with Crippen molar-refractivity contribution in [3.63, 3.8) is 0 Å². The van der Waals surface area contributed by atoms with Gasteiger partial charge in [0, 0.05) is 28.7 Å². The predicted octanol–water partition coefficient (Wildman–Crippen LogP) is 3.11.